The summed E-state index contributed by atoms with van der Waals surface area (Å²) in [7, 11) is 0. The molecule has 1 aliphatic heterocycles. The number of aromatic nitrogens is 1. The summed E-state index contributed by atoms with van der Waals surface area (Å²) in [6, 6.07) is 13.4. The first-order valence-corrected chi connectivity index (χ1v) is 11.4. The topological polar surface area (TPSA) is 62.3 Å². The lowest BCUT2D eigenvalue weighted by Gasteiger charge is -2.32. The number of hydrogen-bond acceptors (Lipinski definition) is 5. The summed E-state index contributed by atoms with van der Waals surface area (Å²) < 4.78 is 0. The molecule has 0 spiro atoms. The van der Waals surface area contributed by atoms with Crippen molar-refractivity contribution in [3.05, 3.63) is 63.3 Å². The summed E-state index contributed by atoms with van der Waals surface area (Å²) in [5.74, 6) is 0.0930. The van der Waals surface area contributed by atoms with Crippen LogP contribution in [0.25, 0.3) is 10.6 Å². The largest absolute Gasteiger partial charge is 0.349 e. The molecule has 0 bridgehead atoms. The maximum atomic E-state index is 12.9. The second kappa shape index (κ2) is 8.88. The van der Waals surface area contributed by atoms with Gasteiger partial charge in [-0.25, -0.2) is 4.98 Å². The van der Waals surface area contributed by atoms with Gasteiger partial charge in [-0.1, -0.05) is 24.3 Å². The van der Waals surface area contributed by atoms with Crippen LogP contribution in [-0.2, 0) is 11.2 Å². The molecule has 2 aromatic heterocycles. The lowest BCUT2D eigenvalue weighted by atomic mass is 10.0. The van der Waals surface area contributed by atoms with Gasteiger partial charge in [0, 0.05) is 29.6 Å². The molecule has 4 rings (SSSR count). The first-order valence-electron chi connectivity index (χ1n) is 9.74. The molecule has 1 fully saturated rings. The van der Waals surface area contributed by atoms with Gasteiger partial charge >= 0.3 is 0 Å². The Hall–Kier alpha value is -2.51. The summed E-state index contributed by atoms with van der Waals surface area (Å²) in [6.45, 7) is 3.33. The van der Waals surface area contributed by atoms with Gasteiger partial charge in [-0.3, -0.25) is 9.59 Å². The molecule has 0 aliphatic carbocycles. The van der Waals surface area contributed by atoms with Crippen molar-refractivity contribution >= 4 is 34.5 Å². The Bertz CT molecular complexity index is 975. The number of carbonyl (C=O) groups is 2. The van der Waals surface area contributed by atoms with Crippen molar-refractivity contribution in [2.75, 3.05) is 13.1 Å². The van der Waals surface area contributed by atoms with Gasteiger partial charge in [0.15, 0.2) is 0 Å². The van der Waals surface area contributed by atoms with E-state index in [0.717, 1.165) is 33.3 Å². The van der Waals surface area contributed by atoms with Crippen LogP contribution in [0.15, 0.2) is 47.8 Å². The summed E-state index contributed by atoms with van der Waals surface area (Å²) in [4.78, 5) is 33.9. The van der Waals surface area contributed by atoms with Crippen molar-refractivity contribution in [1.82, 2.24) is 15.2 Å². The van der Waals surface area contributed by atoms with Crippen molar-refractivity contribution in [3.63, 3.8) is 0 Å². The number of carbonyl (C=O) groups excluding carboxylic acids is 2. The number of piperidine rings is 1. The van der Waals surface area contributed by atoms with E-state index in [1.54, 1.807) is 22.7 Å². The van der Waals surface area contributed by atoms with E-state index < -0.39 is 0 Å². The number of aryl methyl sites for hydroxylation is 1. The predicted octanol–water partition coefficient (Wildman–Crippen LogP) is 4.14. The van der Waals surface area contributed by atoms with Crippen LogP contribution in [0, 0.1) is 6.92 Å². The van der Waals surface area contributed by atoms with Crippen LogP contribution in [0.5, 0.6) is 0 Å². The Balaban J connectivity index is 1.33. The van der Waals surface area contributed by atoms with Gasteiger partial charge < -0.3 is 10.2 Å². The first kappa shape index (κ1) is 19.8. The number of thiazole rings is 1. The molecule has 3 heterocycles. The van der Waals surface area contributed by atoms with Gasteiger partial charge in [0.1, 0.15) is 0 Å². The van der Waals surface area contributed by atoms with Crippen LogP contribution in [0.1, 0.15) is 33.1 Å². The second-order valence-corrected chi connectivity index (χ2v) is 9.39. The predicted molar refractivity (Wildman–Crippen MR) is 117 cm³/mol. The molecule has 0 atom stereocenters. The zero-order valence-corrected chi connectivity index (χ0v) is 17.9. The quantitative estimate of drug-likeness (QED) is 0.668. The molecule has 29 heavy (non-hydrogen) atoms. The molecule has 150 valence electrons. The number of thiophene rings is 1. The van der Waals surface area contributed by atoms with Crippen LogP contribution in [-0.4, -0.2) is 40.8 Å². The van der Waals surface area contributed by atoms with Crippen molar-refractivity contribution in [2.24, 2.45) is 0 Å². The Morgan fingerprint density at radius 1 is 1.14 bits per heavy atom. The highest BCUT2D eigenvalue weighted by molar-refractivity contribution is 7.15. The zero-order valence-electron chi connectivity index (χ0n) is 16.3. The fourth-order valence-corrected chi connectivity index (χ4v) is 5.32. The summed E-state index contributed by atoms with van der Waals surface area (Å²) >= 11 is 3.25. The molecule has 3 aromatic rings. The SMILES string of the molecule is Cc1nc(-c2cccs2)c(CC(=O)N2CCC(NC(=O)c3ccccc3)CC2)s1. The smallest absolute Gasteiger partial charge is 0.251 e. The Kier molecular flexibility index (Phi) is 6.06. The second-order valence-electron chi connectivity index (χ2n) is 7.15. The number of benzene rings is 1. The lowest BCUT2D eigenvalue weighted by molar-refractivity contribution is -0.131. The van der Waals surface area contributed by atoms with E-state index in [-0.39, 0.29) is 17.9 Å². The highest BCUT2D eigenvalue weighted by Gasteiger charge is 2.25. The Morgan fingerprint density at radius 3 is 2.59 bits per heavy atom. The van der Waals surface area contributed by atoms with Crippen LogP contribution in [0.3, 0.4) is 0 Å². The van der Waals surface area contributed by atoms with Gasteiger partial charge in [-0.15, -0.1) is 22.7 Å². The van der Waals surface area contributed by atoms with E-state index in [9.17, 15) is 9.59 Å². The van der Waals surface area contributed by atoms with Crippen molar-refractivity contribution < 1.29 is 9.59 Å². The van der Waals surface area contributed by atoms with Gasteiger partial charge in [0.2, 0.25) is 5.91 Å². The maximum Gasteiger partial charge on any atom is 0.251 e. The van der Waals surface area contributed by atoms with Crippen molar-refractivity contribution in [3.8, 4) is 10.6 Å². The highest BCUT2D eigenvalue weighted by atomic mass is 32.1. The standard InChI is InChI=1S/C22H23N3O2S2/c1-15-23-21(18-8-5-13-28-18)19(29-15)14-20(26)25-11-9-17(10-12-25)24-22(27)16-6-3-2-4-7-16/h2-8,13,17H,9-12,14H2,1H3,(H,24,27). The molecule has 1 aromatic carbocycles. The van der Waals surface area contributed by atoms with Crippen LogP contribution in [0.4, 0.5) is 0 Å². The van der Waals surface area contributed by atoms with Crippen LogP contribution >= 0.6 is 22.7 Å². The molecule has 2 amide bonds. The fourth-order valence-electron chi connectivity index (χ4n) is 3.58. The minimum atomic E-state index is -0.0453. The molecule has 5 nitrogen and oxygen atoms in total. The van der Waals surface area contributed by atoms with Gasteiger partial charge in [0.25, 0.3) is 5.91 Å². The molecular weight excluding hydrogens is 402 g/mol. The summed E-state index contributed by atoms with van der Waals surface area (Å²) in [6.07, 6.45) is 1.95. The summed E-state index contributed by atoms with van der Waals surface area (Å²) in [5, 5.41) is 6.11. The molecule has 0 unspecified atom stereocenters. The van der Waals surface area contributed by atoms with E-state index in [0.29, 0.717) is 25.1 Å². The normalized spacial score (nSPS) is 14.7. The van der Waals surface area contributed by atoms with Crippen LogP contribution < -0.4 is 5.32 Å². The monoisotopic (exact) mass is 425 g/mol. The average Bonchev–Trinajstić information content (AvgIpc) is 3.38. The van der Waals surface area contributed by atoms with Crippen LogP contribution in [0.2, 0.25) is 0 Å². The lowest BCUT2D eigenvalue weighted by Crippen LogP contribution is -2.46. The molecule has 1 saturated heterocycles. The molecule has 7 heteroatoms. The van der Waals surface area contributed by atoms with E-state index in [4.69, 9.17) is 0 Å². The van der Waals surface area contributed by atoms with Gasteiger partial charge in [-0.2, -0.15) is 0 Å². The highest BCUT2D eigenvalue weighted by Crippen LogP contribution is 2.32. The number of rotatable bonds is 5. The third-order valence-electron chi connectivity index (χ3n) is 5.09. The van der Waals surface area contributed by atoms with Crippen molar-refractivity contribution in [2.45, 2.75) is 32.2 Å². The molecule has 0 saturated carbocycles. The third-order valence-corrected chi connectivity index (χ3v) is 6.94. The fraction of sp³-hybridized carbons (Fsp3) is 0.318. The number of nitrogens with zero attached hydrogens (tertiary/aromatic N) is 2. The minimum Gasteiger partial charge on any atom is -0.349 e. The Morgan fingerprint density at radius 2 is 1.90 bits per heavy atom. The van der Waals surface area contributed by atoms with E-state index in [1.165, 1.54) is 0 Å². The number of nitrogens with one attached hydrogen (secondary N) is 1. The molecule has 1 N–H and O–H groups in total. The van der Waals surface area contributed by atoms with E-state index >= 15 is 0 Å². The van der Waals surface area contributed by atoms with E-state index in [2.05, 4.69) is 10.3 Å². The molecular formula is C22H23N3O2S2. The number of likely N-dealkylation sites (tertiary alicyclic amines) is 1. The minimum absolute atomic E-state index is 0.0453. The summed E-state index contributed by atoms with van der Waals surface area (Å²) in [5.41, 5.74) is 1.62. The maximum absolute atomic E-state index is 12.9. The Labute approximate surface area is 178 Å². The zero-order chi connectivity index (χ0) is 20.2. The molecule has 0 radical (unpaired) electrons. The van der Waals surface area contributed by atoms with Gasteiger partial charge in [-0.05, 0) is 43.3 Å². The number of hydrogen-bond donors (Lipinski definition) is 1. The number of amides is 2. The molecule has 1 aliphatic rings. The van der Waals surface area contributed by atoms with Crippen molar-refractivity contribution in [1.29, 1.82) is 0 Å². The third kappa shape index (κ3) is 4.74. The first-order chi connectivity index (χ1) is 14.1. The van der Waals surface area contributed by atoms with Gasteiger partial charge in [0.05, 0.1) is 22.0 Å². The average molecular weight is 426 g/mol. The van der Waals surface area contributed by atoms with E-state index in [1.807, 2.05) is 59.7 Å².